The summed E-state index contributed by atoms with van der Waals surface area (Å²) in [6.45, 7) is 6.32. The third kappa shape index (κ3) is 6.32. The highest BCUT2D eigenvalue weighted by Crippen LogP contribution is 2.34. The number of carbonyl (C=O) groups excluding carboxylic acids is 1. The van der Waals surface area contributed by atoms with Gasteiger partial charge in [-0.15, -0.1) is 0 Å². The largest absolute Gasteiger partial charge is 0.470 e. The Balaban J connectivity index is 1.55. The lowest BCUT2D eigenvalue weighted by Crippen LogP contribution is -2.57. The Labute approximate surface area is 173 Å². The third-order valence-corrected chi connectivity index (χ3v) is 5.27. The molecule has 29 heavy (non-hydrogen) atoms. The van der Waals surface area contributed by atoms with E-state index < -0.39 is 11.5 Å². The van der Waals surface area contributed by atoms with Gasteiger partial charge in [-0.2, -0.15) is 4.98 Å². The summed E-state index contributed by atoms with van der Waals surface area (Å²) in [6.07, 6.45) is 1.89. The molecule has 0 atom stereocenters. The second kappa shape index (κ2) is 8.49. The van der Waals surface area contributed by atoms with Gasteiger partial charge in [-0.1, -0.05) is 11.8 Å². The number of halogens is 2. The van der Waals surface area contributed by atoms with Crippen molar-refractivity contribution in [3.63, 3.8) is 0 Å². The van der Waals surface area contributed by atoms with Crippen molar-refractivity contribution in [1.82, 2.24) is 14.9 Å². The van der Waals surface area contributed by atoms with Crippen molar-refractivity contribution in [3.05, 3.63) is 6.07 Å². The standard InChI is InChI=1S/C19H28F2N4O3S/c1-18(2,3)28-17(26)25-10-13(11-25)27-15-9-14(23-16(24-15)29-4)22-12-5-7-19(20,21)8-6-12/h9,12-13H,5-8,10-11H2,1-4H3,(H,22,23,24). The van der Waals surface area contributed by atoms with Gasteiger partial charge in [0, 0.05) is 24.9 Å². The number of hydrogen-bond donors (Lipinski definition) is 1. The van der Waals surface area contributed by atoms with E-state index >= 15 is 0 Å². The summed E-state index contributed by atoms with van der Waals surface area (Å²) in [4.78, 5) is 22.4. The number of nitrogens with zero attached hydrogens (tertiary/aromatic N) is 3. The van der Waals surface area contributed by atoms with Crippen LogP contribution in [0.4, 0.5) is 19.4 Å². The predicted molar refractivity (Wildman–Crippen MR) is 107 cm³/mol. The molecular weight excluding hydrogens is 402 g/mol. The lowest BCUT2D eigenvalue weighted by Gasteiger charge is -2.39. The van der Waals surface area contributed by atoms with E-state index in [9.17, 15) is 13.6 Å². The van der Waals surface area contributed by atoms with E-state index in [0.29, 0.717) is 42.8 Å². The van der Waals surface area contributed by atoms with E-state index in [1.807, 2.05) is 27.0 Å². The molecule has 1 aromatic heterocycles. The number of carbonyl (C=O) groups is 1. The Hall–Kier alpha value is -1.84. The Morgan fingerprint density at radius 1 is 1.28 bits per heavy atom. The fraction of sp³-hybridized carbons (Fsp3) is 0.737. The molecule has 10 heteroatoms. The highest BCUT2D eigenvalue weighted by Gasteiger charge is 2.36. The Morgan fingerprint density at radius 3 is 2.52 bits per heavy atom. The summed E-state index contributed by atoms with van der Waals surface area (Å²) < 4.78 is 37.9. The number of likely N-dealkylation sites (tertiary alicyclic amines) is 1. The van der Waals surface area contributed by atoms with Gasteiger partial charge in [-0.25, -0.2) is 18.6 Å². The SMILES string of the molecule is CSc1nc(NC2CCC(F)(F)CC2)cc(OC2CN(C(=O)OC(C)(C)C)C2)n1. The molecule has 1 amide bonds. The fourth-order valence-corrected chi connectivity index (χ4v) is 3.55. The van der Waals surface area contributed by atoms with E-state index in [1.165, 1.54) is 11.8 Å². The lowest BCUT2D eigenvalue weighted by molar-refractivity contribution is -0.0361. The minimum absolute atomic E-state index is 0.0431. The zero-order valence-corrected chi connectivity index (χ0v) is 18.0. The van der Waals surface area contributed by atoms with Crippen LogP contribution < -0.4 is 10.1 Å². The minimum Gasteiger partial charge on any atom is -0.470 e. The molecule has 0 aromatic carbocycles. The molecular formula is C19H28F2N4O3S. The Kier molecular flexibility index (Phi) is 6.40. The number of aromatic nitrogens is 2. The second-order valence-electron chi connectivity index (χ2n) is 8.48. The first-order valence-corrected chi connectivity index (χ1v) is 11.0. The molecule has 162 valence electrons. The fourth-order valence-electron chi connectivity index (χ4n) is 3.18. The van der Waals surface area contributed by atoms with Crippen molar-refractivity contribution in [2.24, 2.45) is 0 Å². The summed E-state index contributed by atoms with van der Waals surface area (Å²) in [5, 5.41) is 3.77. The maximum absolute atomic E-state index is 13.4. The van der Waals surface area contributed by atoms with Gasteiger partial charge in [0.05, 0.1) is 13.1 Å². The van der Waals surface area contributed by atoms with E-state index in [1.54, 1.807) is 11.0 Å². The number of nitrogens with one attached hydrogen (secondary N) is 1. The maximum atomic E-state index is 13.4. The molecule has 1 N–H and O–H groups in total. The van der Waals surface area contributed by atoms with E-state index in [0.717, 1.165) is 0 Å². The first kappa shape index (κ1) is 21.9. The molecule has 1 aliphatic carbocycles. The number of alkyl halides is 2. The summed E-state index contributed by atoms with van der Waals surface area (Å²) in [5.74, 6) is -1.59. The van der Waals surface area contributed by atoms with Crippen LogP contribution in [0.25, 0.3) is 0 Å². The van der Waals surface area contributed by atoms with Crippen molar-refractivity contribution >= 4 is 23.7 Å². The molecule has 0 unspecified atom stereocenters. The molecule has 1 aromatic rings. The lowest BCUT2D eigenvalue weighted by atomic mass is 9.92. The van der Waals surface area contributed by atoms with Gasteiger partial charge < -0.3 is 19.7 Å². The van der Waals surface area contributed by atoms with Crippen molar-refractivity contribution < 1.29 is 23.0 Å². The number of anilines is 1. The van der Waals surface area contributed by atoms with Gasteiger partial charge in [0.1, 0.15) is 17.5 Å². The Bertz CT molecular complexity index is 729. The van der Waals surface area contributed by atoms with Crippen molar-refractivity contribution in [2.45, 2.75) is 75.3 Å². The third-order valence-electron chi connectivity index (χ3n) is 4.72. The highest BCUT2D eigenvalue weighted by molar-refractivity contribution is 7.98. The van der Waals surface area contributed by atoms with Crippen molar-refractivity contribution in [1.29, 1.82) is 0 Å². The van der Waals surface area contributed by atoms with Crippen LogP contribution in [-0.4, -0.2) is 64.0 Å². The van der Waals surface area contributed by atoms with Gasteiger partial charge in [0.2, 0.25) is 11.8 Å². The van der Waals surface area contributed by atoms with Crippen molar-refractivity contribution in [2.75, 3.05) is 24.7 Å². The van der Waals surface area contributed by atoms with Crippen LogP contribution in [0.5, 0.6) is 5.88 Å². The molecule has 7 nitrogen and oxygen atoms in total. The number of rotatable bonds is 5. The average molecular weight is 431 g/mol. The van der Waals surface area contributed by atoms with Crippen LogP contribution in [0.2, 0.25) is 0 Å². The second-order valence-corrected chi connectivity index (χ2v) is 9.25. The van der Waals surface area contributed by atoms with Gasteiger partial charge in [0.15, 0.2) is 5.16 Å². The molecule has 2 heterocycles. The number of hydrogen-bond acceptors (Lipinski definition) is 7. The first-order chi connectivity index (χ1) is 13.5. The number of ether oxygens (including phenoxy) is 2. The topological polar surface area (TPSA) is 76.6 Å². The highest BCUT2D eigenvalue weighted by atomic mass is 32.2. The average Bonchev–Trinajstić information content (AvgIpc) is 2.57. The molecule has 2 fully saturated rings. The normalized spacial score (nSPS) is 20.1. The molecule has 0 radical (unpaired) electrons. The van der Waals surface area contributed by atoms with Gasteiger partial charge in [-0.05, 0) is 39.9 Å². The zero-order valence-electron chi connectivity index (χ0n) is 17.2. The summed E-state index contributed by atoms with van der Waals surface area (Å²) >= 11 is 1.38. The Morgan fingerprint density at radius 2 is 1.93 bits per heavy atom. The van der Waals surface area contributed by atoms with Crippen LogP contribution in [-0.2, 0) is 4.74 Å². The van der Waals surface area contributed by atoms with E-state index in [2.05, 4.69) is 15.3 Å². The molecule has 1 aliphatic heterocycles. The molecule has 1 saturated carbocycles. The molecule has 1 saturated heterocycles. The summed E-state index contributed by atoms with van der Waals surface area (Å²) in [5.41, 5.74) is -0.535. The number of amides is 1. The van der Waals surface area contributed by atoms with Gasteiger partial charge >= 0.3 is 6.09 Å². The summed E-state index contributed by atoms with van der Waals surface area (Å²) in [6, 6.07) is 1.64. The van der Waals surface area contributed by atoms with Crippen LogP contribution in [0, 0.1) is 0 Å². The molecule has 2 aliphatic rings. The molecule has 3 rings (SSSR count). The van der Waals surface area contributed by atoms with Crippen LogP contribution >= 0.6 is 11.8 Å². The molecule has 0 spiro atoms. The van der Waals surface area contributed by atoms with Gasteiger partial charge in [-0.3, -0.25) is 0 Å². The monoisotopic (exact) mass is 430 g/mol. The molecule has 0 bridgehead atoms. The van der Waals surface area contributed by atoms with E-state index in [-0.39, 0.29) is 31.1 Å². The predicted octanol–water partition coefficient (Wildman–Crippen LogP) is 4.19. The van der Waals surface area contributed by atoms with Gasteiger partial charge in [0.25, 0.3) is 0 Å². The first-order valence-electron chi connectivity index (χ1n) is 9.75. The smallest absolute Gasteiger partial charge is 0.410 e. The van der Waals surface area contributed by atoms with Crippen LogP contribution in [0.3, 0.4) is 0 Å². The van der Waals surface area contributed by atoms with E-state index in [4.69, 9.17) is 9.47 Å². The minimum atomic E-state index is -2.56. The number of thioether (sulfide) groups is 1. The van der Waals surface area contributed by atoms with Crippen LogP contribution in [0.1, 0.15) is 46.5 Å². The quantitative estimate of drug-likeness (QED) is 0.554. The maximum Gasteiger partial charge on any atom is 0.410 e. The van der Waals surface area contributed by atoms with Crippen molar-refractivity contribution in [3.8, 4) is 5.88 Å². The zero-order chi connectivity index (χ0) is 21.2. The van der Waals surface area contributed by atoms with Crippen LogP contribution in [0.15, 0.2) is 11.2 Å². The summed E-state index contributed by atoms with van der Waals surface area (Å²) in [7, 11) is 0.